The molecule has 0 amide bonds. The van der Waals surface area contributed by atoms with E-state index in [1.807, 2.05) is 42.5 Å². The molecular formula is C23H31NO4S2. The molecule has 0 saturated carbocycles. The van der Waals surface area contributed by atoms with Crippen molar-refractivity contribution in [1.82, 2.24) is 4.72 Å². The van der Waals surface area contributed by atoms with Crippen LogP contribution in [-0.2, 0) is 30.7 Å². The Hall–Kier alpha value is -1.83. The van der Waals surface area contributed by atoms with Crippen LogP contribution in [-0.4, -0.2) is 32.8 Å². The van der Waals surface area contributed by atoms with E-state index in [0.717, 1.165) is 17.5 Å². The first-order chi connectivity index (χ1) is 14.2. The van der Waals surface area contributed by atoms with E-state index >= 15 is 0 Å². The first-order valence-electron chi connectivity index (χ1n) is 10.1. The fourth-order valence-electron chi connectivity index (χ4n) is 2.81. The van der Waals surface area contributed by atoms with E-state index < -0.39 is 22.0 Å². The van der Waals surface area contributed by atoms with Gasteiger partial charge in [-0.05, 0) is 42.0 Å². The molecule has 164 valence electrons. The molecule has 0 fully saturated rings. The zero-order valence-electron chi connectivity index (χ0n) is 18.1. The number of ether oxygens (including phenoxy) is 1. The summed E-state index contributed by atoms with van der Waals surface area (Å²) in [4.78, 5) is 12.5. The predicted molar refractivity (Wildman–Crippen MR) is 123 cm³/mol. The lowest BCUT2D eigenvalue weighted by Crippen LogP contribution is -2.43. The van der Waals surface area contributed by atoms with Crippen LogP contribution in [0.2, 0.25) is 0 Å². The molecule has 30 heavy (non-hydrogen) atoms. The van der Waals surface area contributed by atoms with Crippen molar-refractivity contribution < 1.29 is 17.9 Å². The Morgan fingerprint density at radius 2 is 1.70 bits per heavy atom. The first-order valence-corrected chi connectivity index (χ1v) is 12.7. The second-order valence-corrected chi connectivity index (χ2v) is 10.4. The molecule has 0 heterocycles. The van der Waals surface area contributed by atoms with Gasteiger partial charge in [0.25, 0.3) is 0 Å². The molecule has 0 radical (unpaired) electrons. The number of nitrogens with one attached hydrogen (secondary N) is 1. The Balaban J connectivity index is 2.11. The van der Waals surface area contributed by atoms with Crippen molar-refractivity contribution in [3.63, 3.8) is 0 Å². The molecule has 0 bridgehead atoms. The second kappa shape index (κ2) is 11.0. The van der Waals surface area contributed by atoms with Crippen molar-refractivity contribution in [1.29, 1.82) is 0 Å². The number of esters is 1. The van der Waals surface area contributed by atoms with E-state index in [0.29, 0.717) is 5.75 Å². The molecule has 1 atom stereocenters. The van der Waals surface area contributed by atoms with Crippen LogP contribution in [0.1, 0.15) is 45.2 Å². The van der Waals surface area contributed by atoms with Gasteiger partial charge in [-0.15, -0.1) is 0 Å². The highest BCUT2D eigenvalue weighted by atomic mass is 32.2. The molecule has 0 aliphatic rings. The van der Waals surface area contributed by atoms with Crippen LogP contribution in [0.15, 0.2) is 59.5 Å². The summed E-state index contributed by atoms with van der Waals surface area (Å²) in [6.45, 7) is 8.24. The number of hydrogen-bond acceptors (Lipinski definition) is 5. The highest BCUT2D eigenvalue weighted by Crippen LogP contribution is 2.27. The van der Waals surface area contributed by atoms with Crippen molar-refractivity contribution in [2.24, 2.45) is 0 Å². The third kappa shape index (κ3) is 6.86. The number of carbonyl (C=O) groups is 1. The van der Waals surface area contributed by atoms with Crippen LogP contribution in [0.25, 0.3) is 0 Å². The average Bonchev–Trinajstić information content (AvgIpc) is 2.74. The number of hydrogen-bond donors (Lipinski definition) is 1. The molecule has 7 heteroatoms. The van der Waals surface area contributed by atoms with Gasteiger partial charge in [0, 0.05) is 11.5 Å². The number of carbonyl (C=O) groups excluding carboxylic acids is 1. The third-order valence-corrected chi connectivity index (χ3v) is 7.69. The maximum absolute atomic E-state index is 12.9. The normalized spacial score (nSPS) is 13.1. The summed E-state index contributed by atoms with van der Waals surface area (Å²) in [7, 11) is -3.85. The van der Waals surface area contributed by atoms with Gasteiger partial charge in [-0.1, -0.05) is 63.2 Å². The number of benzene rings is 2. The molecule has 0 aliphatic carbocycles. The minimum absolute atomic E-state index is 0.0305. The van der Waals surface area contributed by atoms with E-state index in [2.05, 4.69) is 25.5 Å². The highest BCUT2D eigenvalue weighted by Gasteiger charge is 2.27. The molecule has 0 saturated heterocycles. The maximum Gasteiger partial charge on any atom is 0.325 e. The molecular weight excluding hydrogens is 418 g/mol. The Bertz CT molecular complexity index is 910. The van der Waals surface area contributed by atoms with Gasteiger partial charge in [-0.2, -0.15) is 16.5 Å². The van der Waals surface area contributed by atoms with Gasteiger partial charge < -0.3 is 4.74 Å². The summed E-state index contributed by atoms with van der Waals surface area (Å²) in [5.74, 6) is 0.401. The number of rotatable bonds is 11. The van der Waals surface area contributed by atoms with Gasteiger partial charge >= 0.3 is 5.97 Å². The Labute approximate surface area is 184 Å². The fraction of sp³-hybridized carbons (Fsp3) is 0.435. The van der Waals surface area contributed by atoms with E-state index in [9.17, 15) is 13.2 Å². The van der Waals surface area contributed by atoms with Crippen LogP contribution in [0.3, 0.4) is 0 Å². The summed E-state index contributed by atoms with van der Waals surface area (Å²) in [6, 6.07) is 15.7. The summed E-state index contributed by atoms with van der Waals surface area (Å²) in [5.41, 5.74) is 2.16. The van der Waals surface area contributed by atoms with Crippen molar-refractivity contribution >= 4 is 27.8 Å². The van der Waals surface area contributed by atoms with Crippen LogP contribution < -0.4 is 4.72 Å². The van der Waals surface area contributed by atoms with E-state index in [1.165, 1.54) is 11.8 Å². The molecule has 5 nitrogen and oxygen atoms in total. The quantitative estimate of drug-likeness (QED) is 0.511. The number of sulfonamides is 1. The summed E-state index contributed by atoms with van der Waals surface area (Å²) < 4.78 is 33.4. The Morgan fingerprint density at radius 1 is 1.07 bits per heavy atom. The van der Waals surface area contributed by atoms with Crippen molar-refractivity contribution in [2.45, 2.75) is 56.2 Å². The molecule has 2 aromatic rings. The van der Waals surface area contributed by atoms with Crippen molar-refractivity contribution in [2.75, 3.05) is 12.4 Å². The standard InChI is InChI=1S/C23H31NO4S2/c1-5-23(3,4)19-12-14-20(15-13-19)30(26,27)24-21(22(25)28-6-2)17-29-16-18-10-8-7-9-11-18/h7-15,21,24H,5-6,16-17H2,1-4H3/t21-/m0/s1. The van der Waals surface area contributed by atoms with E-state index in [1.54, 1.807) is 19.1 Å². The topological polar surface area (TPSA) is 72.5 Å². The largest absolute Gasteiger partial charge is 0.465 e. The van der Waals surface area contributed by atoms with Crippen molar-refractivity contribution in [3.05, 3.63) is 65.7 Å². The summed E-state index contributed by atoms with van der Waals surface area (Å²) >= 11 is 1.49. The average molecular weight is 450 g/mol. The molecule has 1 N–H and O–H groups in total. The fourth-order valence-corrected chi connectivity index (χ4v) is 5.10. The lowest BCUT2D eigenvalue weighted by atomic mass is 9.82. The van der Waals surface area contributed by atoms with E-state index in [-0.39, 0.29) is 22.7 Å². The van der Waals surface area contributed by atoms with Crippen LogP contribution in [0, 0.1) is 0 Å². The Kier molecular flexibility index (Phi) is 8.94. The predicted octanol–water partition coefficient (Wildman–Crippen LogP) is 4.52. The van der Waals surface area contributed by atoms with Crippen molar-refractivity contribution in [3.8, 4) is 0 Å². The molecule has 2 aromatic carbocycles. The van der Waals surface area contributed by atoms with Gasteiger partial charge in [0.1, 0.15) is 6.04 Å². The minimum atomic E-state index is -3.85. The van der Waals surface area contributed by atoms with Gasteiger partial charge in [-0.3, -0.25) is 4.79 Å². The smallest absolute Gasteiger partial charge is 0.325 e. The second-order valence-electron chi connectivity index (χ2n) is 7.69. The summed E-state index contributed by atoms with van der Waals surface area (Å²) in [6.07, 6.45) is 0.945. The zero-order valence-corrected chi connectivity index (χ0v) is 19.7. The SMILES string of the molecule is CCOC(=O)[C@H](CSCc1ccccc1)NS(=O)(=O)c1ccc(C(C)(C)CC)cc1. The maximum atomic E-state index is 12.9. The Morgan fingerprint density at radius 3 is 2.27 bits per heavy atom. The molecule has 0 unspecified atom stereocenters. The lowest BCUT2D eigenvalue weighted by molar-refractivity contribution is -0.144. The number of thioether (sulfide) groups is 1. The summed E-state index contributed by atoms with van der Waals surface area (Å²) in [5, 5.41) is 0. The van der Waals surface area contributed by atoms with Gasteiger partial charge in [0.2, 0.25) is 10.0 Å². The minimum Gasteiger partial charge on any atom is -0.465 e. The van der Waals surface area contributed by atoms with Crippen LogP contribution >= 0.6 is 11.8 Å². The molecule has 0 spiro atoms. The van der Waals surface area contributed by atoms with Gasteiger partial charge in [-0.25, -0.2) is 8.42 Å². The lowest BCUT2D eigenvalue weighted by Gasteiger charge is -2.23. The first kappa shape index (κ1) is 24.4. The van der Waals surface area contributed by atoms with Gasteiger partial charge in [0.05, 0.1) is 11.5 Å². The molecule has 0 aromatic heterocycles. The molecule has 0 aliphatic heterocycles. The van der Waals surface area contributed by atoms with Crippen LogP contribution in [0.4, 0.5) is 0 Å². The van der Waals surface area contributed by atoms with Gasteiger partial charge in [0.15, 0.2) is 0 Å². The molecule has 2 rings (SSSR count). The van der Waals surface area contributed by atoms with E-state index in [4.69, 9.17) is 4.74 Å². The third-order valence-electron chi connectivity index (χ3n) is 5.09. The highest BCUT2D eigenvalue weighted by molar-refractivity contribution is 7.98. The monoisotopic (exact) mass is 449 g/mol. The zero-order chi connectivity index (χ0) is 22.2. The van der Waals surface area contributed by atoms with Crippen LogP contribution in [0.5, 0.6) is 0 Å².